The number of nitrogens with one attached hydrogen (secondary N) is 2. The monoisotopic (exact) mass is 377 g/mol. The van der Waals surface area contributed by atoms with Crippen LogP contribution < -0.4 is 10.6 Å². The standard InChI is InChI=1S/C17H13Cl2N3OS/c18-12-2-1-3-14(8-12)22-16(23)11-4-6-13(7-5-11)20-9-15-10-21-17(19)24-15/h1-8,10,20H,9H2,(H,22,23). The molecule has 0 saturated carbocycles. The number of carbonyl (C=O) groups is 1. The molecule has 2 N–H and O–H groups in total. The van der Waals surface area contributed by atoms with E-state index >= 15 is 0 Å². The van der Waals surface area contributed by atoms with Crippen LogP contribution in [0.15, 0.2) is 54.7 Å². The van der Waals surface area contributed by atoms with Crippen molar-refractivity contribution in [3.63, 3.8) is 0 Å². The number of benzene rings is 2. The zero-order valence-electron chi connectivity index (χ0n) is 12.4. The first kappa shape index (κ1) is 16.8. The van der Waals surface area contributed by atoms with Gasteiger partial charge in [-0.3, -0.25) is 4.79 Å². The molecule has 122 valence electrons. The highest BCUT2D eigenvalue weighted by molar-refractivity contribution is 7.15. The minimum absolute atomic E-state index is 0.182. The van der Waals surface area contributed by atoms with Gasteiger partial charge >= 0.3 is 0 Å². The number of thiazole rings is 1. The molecule has 0 aliphatic carbocycles. The molecule has 2 aromatic carbocycles. The maximum absolute atomic E-state index is 12.2. The normalized spacial score (nSPS) is 10.4. The molecule has 0 atom stereocenters. The molecule has 24 heavy (non-hydrogen) atoms. The lowest BCUT2D eigenvalue weighted by molar-refractivity contribution is 0.102. The zero-order chi connectivity index (χ0) is 16.9. The number of rotatable bonds is 5. The van der Waals surface area contributed by atoms with Crippen LogP contribution in [0.2, 0.25) is 9.49 Å². The molecule has 3 rings (SSSR count). The molecule has 0 saturated heterocycles. The van der Waals surface area contributed by atoms with E-state index in [1.165, 1.54) is 11.3 Å². The molecule has 0 bridgehead atoms. The van der Waals surface area contributed by atoms with E-state index in [0.717, 1.165) is 10.6 Å². The van der Waals surface area contributed by atoms with Crippen molar-refractivity contribution in [3.8, 4) is 0 Å². The van der Waals surface area contributed by atoms with Crippen molar-refractivity contribution in [3.05, 3.63) is 74.7 Å². The molecule has 1 heterocycles. The SMILES string of the molecule is O=C(Nc1cccc(Cl)c1)c1ccc(NCc2cnc(Cl)s2)cc1. The summed E-state index contributed by atoms with van der Waals surface area (Å²) in [5.74, 6) is -0.182. The van der Waals surface area contributed by atoms with Gasteiger partial charge in [0, 0.05) is 33.0 Å². The van der Waals surface area contributed by atoms with Gasteiger partial charge in [-0.1, -0.05) is 29.3 Å². The minimum Gasteiger partial charge on any atom is -0.380 e. The molecule has 0 unspecified atom stereocenters. The molecule has 0 aliphatic heterocycles. The molecule has 3 aromatic rings. The quantitative estimate of drug-likeness (QED) is 0.632. The Morgan fingerprint density at radius 1 is 1.08 bits per heavy atom. The van der Waals surface area contributed by atoms with Gasteiger partial charge < -0.3 is 10.6 Å². The third-order valence-corrected chi connectivity index (χ3v) is 4.57. The predicted octanol–water partition coefficient (Wildman–Crippen LogP) is 5.31. The molecule has 1 aromatic heterocycles. The van der Waals surface area contributed by atoms with Crippen molar-refractivity contribution in [1.82, 2.24) is 4.98 Å². The summed E-state index contributed by atoms with van der Waals surface area (Å²) in [6.45, 7) is 0.637. The van der Waals surface area contributed by atoms with Crippen LogP contribution in [-0.4, -0.2) is 10.9 Å². The Kier molecular flexibility index (Phi) is 5.35. The van der Waals surface area contributed by atoms with Crippen molar-refractivity contribution < 1.29 is 4.79 Å². The fourth-order valence-electron chi connectivity index (χ4n) is 2.06. The van der Waals surface area contributed by atoms with Crippen LogP contribution in [0.25, 0.3) is 0 Å². The van der Waals surface area contributed by atoms with Gasteiger partial charge in [0.2, 0.25) is 0 Å². The van der Waals surface area contributed by atoms with Gasteiger partial charge in [0.1, 0.15) is 0 Å². The highest BCUT2D eigenvalue weighted by Gasteiger charge is 2.06. The lowest BCUT2D eigenvalue weighted by Crippen LogP contribution is -2.11. The lowest BCUT2D eigenvalue weighted by Gasteiger charge is -2.08. The Hall–Kier alpha value is -2.08. The fourth-order valence-corrected chi connectivity index (χ4v) is 3.17. The predicted molar refractivity (Wildman–Crippen MR) is 100 cm³/mol. The van der Waals surface area contributed by atoms with E-state index in [1.54, 1.807) is 42.6 Å². The maximum Gasteiger partial charge on any atom is 0.255 e. The summed E-state index contributed by atoms with van der Waals surface area (Å²) in [4.78, 5) is 17.3. The first-order chi connectivity index (χ1) is 11.6. The van der Waals surface area contributed by atoms with E-state index in [1.807, 2.05) is 12.1 Å². The van der Waals surface area contributed by atoms with Gasteiger partial charge in [-0.15, -0.1) is 11.3 Å². The van der Waals surface area contributed by atoms with Crippen LogP contribution in [0.1, 0.15) is 15.2 Å². The molecule has 0 fully saturated rings. The molecule has 4 nitrogen and oxygen atoms in total. The smallest absolute Gasteiger partial charge is 0.255 e. The first-order valence-electron chi connectivity index (χ1n) is 7.11. The Morgan fingerprint density at radius 2 is 1.88 bits per heavy atom. The van der Waals surface area contributed by atoms with Crippen molar-refractivity contribution in [2.75, 3.05) is 10.6 Å². The summed E-state index contributed by atoms with van der Waals surface area (Å²) in [6, 6.07) is 14.3. The third kappa shape index (κ3) is 4.47. The van der Waals surface area contributed by atoms with Crippen LogP contribution >= 0.6 is 34.5 Å². The highest BCUT2D eigenvalue weighted by atomic mass is 35.5. The van der Waals surface area contributed by atoms with Crippen molar-refractivity contribution >= 4 is 51.8 Å². The maximum atomic E-state index is 12.2. The molecule has 1 amide bonds. The number of aromatic nitrogens is 1. The fraction of sp³-hybridized carbons (Fsp3) is 0.0588. The Bertz CT molecular complexity index is 849. The molecule has 0 aliphatic rings. The summed E-state index contributed by atoms with van der Waals surface area (Å²) in [5.41, 5.74) is 2.15. The van der Waals surface area contributed by atoms with Crippen molar-refractivity contribution in [2.24, 2.45) is 0 Å². The van der Waals surface area contributed by atoms with E-state index in [0.29, 0.717) is 27.3 Å². The summed E-state index contributed by atoms with van der Waals surface area (Å²) in [5, 5.41) is 6.65. The molecular formula is C17H13Cl2N3OS. The van der Waals surface area contributed by atoms with Gasteiger partial charge in [-0.05, 0) is 42.5 Å². The number of hydrogen-bond donors (Lipinski definition) is 2. The van der Waals surface area contributed by atoms with Crippen LogP contribution in [0.3, 0.4) is 0 Å². The first-order valence-corrected chi connectivity index (χ1v) is 8.68. The summed E-state index contributed by atoms with van der Waals surface area (Å²) >= 11 is 13.1. The summed E-state index contributed by atoms with van der Waals surface area (Å²) in [7, 11) is 0. The van der Waals surface area contributed by atoms with Crippen molar-refractivity contribution in [1.29, 1.82) is 0 Å². The molecule has 7 heteroatoms. The zero-order valence-corrected chi connectivity index (χ0v) is 14.8. The topological polar surface area (TPSA) is 54.0 Å². The number of anilines is 2. The van der Waals surface area contributed by atoms with Crippen molar-refractivity contribution in [2.45, 2.75) is 6.54 Å². The number of halogens is 2. The molecule has 0 radical (unpaired) electrons. The second-order valence-corrected chi connectivity index (χ2v) is 7.11. The van der Waals surface area contributed by atoms with E-state index in [-0.39, 0.29) is 5.91 Å². The van der Waals surface area contributed by atoms with E-state index < -0.39 is 0 Å². The number of amides is 1. The Labute approximate surface area is 153 Å². The van der Waals surface area contributed by atoms with E-state index in [4.69, 9.17) is 23.2 Å². The highest BCUT2D eigenvalue weighted by Crippen LogP contribution is 2.20. The van der Waals surface area contributed by atoms with Gasteiger partial charge in [0.25, 0.3) is 5.91 Å². The minimum atomic E-state index is -0.182. The van der Waals surface area contributed by atoms with Crippen LogP contribution in [0, 0.1) is 0 Å². The van der Waals surface area contributed by atoms with E-state index in [9.17, 15) is 4.79 Å². The summed E-state index contributed by atoms with van der Waals surface area (Å²) in [6.07, 6.45) is 1.74. The second-order valence-electron chi connectivity index (χ2n) is 4.97. The third-order valence-electron chi connectivity index (χ3n) is 3.22. The van der Waals surface area contributed by atoms with Gasteiger partial charge in [0.15, 0.2) is 4.47 Å². The van der Waals surface area contributed by atoms with Crippen LogP contribution in [-0.2, 0) is 6.54 Å². The molecular weight excluding hydrogens is 365 g/mol. The summed E-state index contributed by atoms with van der Waals surface area (Å²) < 4.78 is 0.528. The number of hydrogen-bond acceptors (Lipinski definition) is 4. The van der Waals surface area contributed by atoms with Gasteiger partial charge in [0.05, 0.1) is 6.54 Å². The number of carbonyl (C=O) groups excluding carboxylic acids is 1. The Morgan fingerprint density at radius 3 is 2.54 bits per heavy atom. The largest absolute Gasteiger partial charge is 0.380 e. The van der Waals surface area contributed by atoms with Crippen LogP contribution in [0.4, 0.5) is 11.4 Å². The lowest BCUT2D eigenvalue weighted by atomic mass is 10.2. The van der Waals surface area contributed by atoms with Gasteiger partial charge in [-0.2, -0.15) is 0 Å². The molecule has 0 spiro atoms. The average Bonchev–Trinajstić information content (AvgIpc) is 2.99. The Balaban J connectivity index is 1.60. The average molecular weight is 378 g/mol. The van der Waals surface area contributed by atoms with E-state index in [2.05, 4.69) is 15.6 Å². The van der Waals surface area contributed by atoms with Gasteiger partial charge in [-0.25, -0.2) is 4.98 Å². The second kappa shape index (κ2) is 7.66. The number of nitrogens with zero attached hydrogens (tertiary/aromatic N) is 1. The van der Waals surface area contributed by atoms with Crippen LogP contribution in [0.5, 0.6) is 0 Å².